The van der Waals surface area contributed by atoms with Gasteiger partial charge >= 0.3 is 0 Å². The molecule has 3 aromatic rings. The molecule has 0 radical (unpaired) electrons. The number of halogens is 2. The minimum atomic E-state index is -1.01. The number of hydrogen-bond donors (Lipinski definition) is 1. The molecular formula is C23H22F2N2O2. The first-order valence-electron chi connectivity index (χ1n) is 9.67. The van der Waals surface area contributed by atoms with Crippen molar-refractivity contribution in [2.45, 2.75) is 12.5 Å². The van der Waals surface area contributed by atoms with E-state index < -0.39 is 11.6 Å². The summed E-state index contributed by atoms with van der Waals surface area (Å²) in [5, 5.41) is 5.80. The fraction of sp³-hybridized carbons (Fsp3) is 0.261. The van der Waals surface area contributed by atoms with Crippen LogP contribution in [-0.4, -0.2) is 38.3 Å². The van der Waals surface area contributed by atoms with Crippen molar-refractivity contribution in [2.24, 2.45) is 0 Å². The summed E-state index contributed by atoms with van der Waals surface area (Å²) < 4.78 is 33.2. The molecule has 1 amide bonds. The van der Waals surface area contributed by atoms with Crippen LogP contribution in [0, 0.1) is 11.6 Å². The monoisotopic (exact) mass is 396 g/mol. The maximum Gasteiger partial charge on any atom is 0.253 e. The lowest BCUT2D eigenvalue weighted by molar-refractivity contribution is -0.129. The van der Waals surface area contributed by atoms with Gasteiger partial charge in [-0.15, -0.1) is 0 Å². The van der Waals surface area contributed by atoms with Gasteiger partial charge in [-0.1, -0.05) is 48.5 Å². The first kappa shape index (κ1) is 19.5. The van der Waals surface area contributed by atoms with E-state index in [1.165, 1.54) is 33.4 Å². The number of nitrogens with one attached hydrogen (secondary N) is 1. The zero-order chi connectivity index (χ0) is 20.2. The van der Waals surface area contributed by atoms with E-state index in [0.717, 1.165) is 19.0 Å². The van der Waals surface area contributed by atoms with Crippen LogP contribution in [-0.2, 0) is 16.0 Å². The van der Waals surface area contributed by atoms with Gasteiger partial charge in [-0.2, -0.15) is 0 Å². The Morgan fingerprint density at radius 3 is 2.72 bits per heavy atom. The van der Waals surface area contributed by atoms with Gasteiger partial charge in [0, 0.05) is 6.54 Å². The third-order valence-corrected chi connectivity index (χ3v) is 5.17. The minimum absolute atomic E-state index is 0.0425. The van der Waals surface area contributed by atoms with Crippen LogP contribution in [0.2, 0.25) is 0 Å². The van der Waals surface area contributed by atoms with E-state index in [9.17, 15) is 13.6 Å². The second-order valence-corrected chi connectivity index (χ2v) is 7.10. The van der Waals surface area contributed by atoms with Crippen molar-refractivity contribution < 1.29 is 18.3 Å². The number of hydrogen-bond acceptors (Lipinski definition) is 3. The number of anilines is 1. The number of morpholine rings is 1. The molecule has 6 heteroatoms. The van der Waals surface area contributed by atoms with Crippen molar-refractivity contribution >= 4 is 22.4 Å². The Morgan fingerprint density at radius 1 is 1.03 bits per heavy atom. The zero-order valence-electron chi connectivity index (χ0n) is 15.9. The van der Waals surface area contributed by atoms with E-state index in [-0.39, 0.29) is 30.9 Å². The molecule has 0 bridgehead atoms. The maximum atomic E-state index is 14.1. The van der Waals surface area contributed by atoms with Crippen molar-refractivity contribution in [3.63, 3.8) is 0 Å². The summed E-state index contributed by atoms with van der Waals surface area (Å²) in [6.45, 7) is 1.30. The van der Waals surface area contributed by atoms with Gasteiger partial charge in [-0.25, -0.2) is 8.78 Å². The molecule has 0 saturated carbocycles. The predicted molar refractivity (Wildman–Crippen MR) is 109 cm³/mol. The van der Waals surface area contributed by atoms with Gasteiger partial charge in [0.15, 0.2) is 11.6 Å². The summed E-state index contributed by atoms with van der Waals surface area (Å²) in [5.74, 6) is -2.35. The van der Waals surface area contributed by atoms with E-state index in [0.29, 0.717) is 6.54 Å². The Kier molecular flexibility index (Phi) is 5.83. The predicted octanol–water partition coefficient (Wildman–Crippen LogP) is 3.68. The van der Waals surface area contributed by atoms with Gasteiger partial charge in [0.2, 0.25) is 0 Å². The number of amides is 1. The summed E-state index contributed by atoms with van der Waals surface area (Å²) >= 11 is 0. The van der Waals surface area contributed by atoms with Gasteiger partial charge in [0.05, 0.1) is 18.3 Å². The number of carbonyl (C=O) groups excluding carboxylic acids is 1. The number of rotatable bonds is 6. The third kappa shape index (κ3) is 4.28. The highest BCUT2D eigenvalue weighted by atomic mass is 19.2. The minimum Gasteiger partial charge on any atom is -0.365 e. The Bertz CT molecular complexity index is 1020. The average molecular weight is 396 g/mol. The second kappa shape index (κ2) is 8.68. The van der Waals surface area contributed by atoms with Crippen molar-refractivity contribution in [3.05, 3.63) is 77.9 Å². The Labute approximate surface area is 168 Å². The molecule has 1 fully saturated rings. The lowest BCUT2D eigenvalue weighted by atomic mass is 10.0. The van der Waals surface area contributed by atoms with Crippen LogP contribution in [0.1, 0.15) is 5.56 Å². The molecule has 4 rings (SSSR count). The highest BCUT2D eigenvalue weighted by molar-refractivity contribution is 5.95. The lowest BCUT2D eigenvalue weighted by Crippen LogP contribution is -2.50. The number of fused-ring (bicyclic) bond motifs is 1. The quantitative estimate of drug-likeness (QED) is 0.647. The van der Waals surface area contributed by atoms with E-state index in [2.05, 4.69) is 35.6 Å². The average Bonchev–Trinajstić information content (AvgIpc) is 2.74. The molecule has 1 N–H and O–H groups in total. The Morgan fingerprint density at radius 2 is 1.83 bits per heavy atom. The summed E-state index contributed by atoms with van der Waals surface area (Å²) in [6.07, 6.45) is 0.567. The van der Waals surface area contributed by atoms with Gasteiger partial charge < -0.3 is 15.0 Å². The molecule has 1 saturated heterocycles. The van der Waals surface area contributed by atoms with Crippen LogP contribution in [0.25, 0.3) is 10.8 Å². The molecule has 29 heavy (non-hydrogen) atoms. The van der Waals surface area contributed by atoms with Gasteiger partial charge in [-0.05, 0) is 41.4 Å². The van der Waals surface area contributed by atoms with Crippen LogP contribution >= 0.6 is 0 Å². The Hall–Kier alpha value is -2.83. The summed E-state index contributed by atoms with van der Waals surface area (Å²) in [7, 11) is 0. The summed E-state index contributed by atoms with van der Waals surface area (Å²) in [6, 6.07) is 18.4. The normalized spacial score (nSPS) is 17.1. The highest BCUT2D eigenvalue weighted by Gasteiger charge is 2.29. The molecule has 4 nitrogen and oxygen atoms in total. The van der Waals surface area contributed by atoms with Crippen LogP contribution in [0.15, 0.2) is 60.7 Å². The van der Waals surface area contributed by atoms with Crippen molar-refractivity contribution in [1.29, 1.82) is 0 Å². The molecule has 150 valence electrons. The molecule has 1 heterocycles. The highest BCUT2D eigenvalue weighted by Crippen LogP contribution is 2.24. The fourth-order valence-electron chi connectivity index (χ4n) is 3.68. The van der Waals surface area contributed by atoms with Crippen molar-refractivity contribution in [1.82, 2.24) is 5.32 Å². The molecule has 0 aromatic heterocycles. The smallest absolute Gasteiger partial charge is 0.253 e. The van der Waals surface area contributed by atoms with E-state index >= 15 is 0 Å². The molecule has 3 aromatic carbocycles. The Balaban J connectivity index is 1.34. The van der Waals surface area contributed by atoms with E-state index in [1.807, 2.05) is 12.1 Å². The van der Waals surface area contributed by atoms with Crippen LogP contribution in [0.3, 0.4) is 0 Å². The van der Waals surface area contributed by atoms with Gasteiger partial charge in [0.1, 0.15) is 6.61 Å². The molecule has 1 atom stereocenters. The lowest BCUT2D eigenvalue weighted by Gasteiger charge is -2.33. The summed E-state index contributed by atoms with van der Waals surface area (Å²) in [4.78, 5) is 13.4. The topological polar surface area (TPSA) is 41.6 Å². The second-order valence-electron chi connectivity index (χ2n) is 7.10. The van der Waals surface area contributed by atoms with Gasteiger partial charge in [-0.3, -0.25) is 4.79 Å². The molecule has 1 aliphatic heterocycles. The van der Waals surface area contributed by atoms with E-state index in [4.69, 9.17) is 4.74 Å². The number of carbonyl (C=O) groups is 1. The first-order chi connectivity index (χ1) is 14.1. The third-order valence-electron chi connectivity index (χ3n) is 5.17. The van der Waals surface area contributed by atoms with Crippen LogP contribution in [0.4, 0.5) is 14.5 Å². The van der Waals surface area contributed by atoms with Crippen LogP contribution < -0.4 is 10.2 Å². The maximum absolute atomic E-state index is 14.1. The molecule has 1 unspecified atom stereocenters. The largest absolute Gasteiger partial charge is 0.365 e. The van der Waals surface area contributed by atoms with Crippen LogP contribution in [0.5, 0.6) is 0 Å². The SMILES string of the molecule is O=C1COC(CNCCc2cccc3ccccc23)CN1c1cccc(F)c1F. The standard InChI is InChI=1S/C23H22F2N2O2/c24-20-9-4-10-21(23(20)25)27-14-18(29-15-22(27)28)13-26-12-11-17-7-3-6-16-5-1-2-8-19(16)17/h1-10,18,26H,11-15H2. The molecular weight excluding hydrogens is 374 g/mol. The zero-order valence-corrected chi connectivity index (χ0v) is 15.9. The number of ether oxygens (including phenoxy) is 1. The van der Waals surface area contributed by atoms with Crippen molar-refractivity contribution in [3.8, 4) is 0 Å². The summed E-state index contributed by atoms with van der Waals surface area (Å²) in [5.41, 5.74) is 1.22. The number of nitrogens with zero attached hydrogens (tertiary/aromatic N) is 1. The molecule has 0 spiro atoms. The fourth-order valence-corrected chi connectivity index (χ4v) is 3.68. The molecule has 1 aliphatic rings. The molecule has 0 aliphatic carbocycles. The van der Waals surface area contributed by atoms with E-state index in [1.54, 1.807) is 0 Å². The van der Waals surface area contributed by atoms with Crippen molar-refractivity contribution in [2.75, 3.05) is 31.1 Å². The number of benzene rings is 3. The first-order valence-corrected chi connectivity index (χ1v) is 9.67. The van der Waals surface area contributed by atoms with Gasteiger partial charge in [0.25, 0.3) is 5.91 Å².